The number of nitrogens with zero attached hydrogens (tertiary/aromatic N) is 2. The van der Waals surface area contributed by atoms with Gasteiger partial charge in [-0.05, 0) is 29.7 Å². The van der Waals surface area contributed by atoms with Gasteiger partial charge in [-0.15, -0.1) is 0 Å². The second-order valence-electron chi connectivity index (χ2n) is 5.93. The Morgan fingerprint density at radius 3 is 2.58 bits per heavy atom. The number of rotatable bonds is 4. The number of likely N-dealkylation sites (N-methyl/N-ethyl adjacent to an activating group) is 1. The highest BCUT2D eigenvalue weighted by molar-refractivity contribution is 6.04. The molecule has 2 amide bonds. The average molecular weight is 343 g/mol. The summed E-state index contributed by atoms with van der Waals surface area (Å²) in [4.78, 5) is 26.1. The molecule has 3 aromatic carbocycles. The van der Waals surface area contributed by atoms with E-state index in [9.17, 15) is 9.59 Å². The maximum absolute atomic E-state index is 12.4. The van der Waals surface area contributed by atoms with E-state index < -0.39 is 0 Å². The molecule has 0 unspecified atom stereocenters. The van der Waals surface area contributed by atoms with Crippen molar-refractivity contribution in [1.82, 2.24) is 4.90 Å². The zero-order valence-electron chi connectivity index (χ0n) is 14.3. The van der Waals surface area contributed by atoms with Gasteiger partial charge < -0.3 is 10.2 Å². The minimum atomic E-state index is -0.310. The monoisotopic (exact) mass is 343 g/mol. The first kappa shape index (κ1) is 17.2. The van der Waals surface area contributed by atoms with Crippen LogP contribution in [0.25, 0.3) is 10.8 Å². The number of hydrogen-bond donors (Lipinski definition) is 1. The van der Waals surface area contributed by atoms with Crippen LogP contribution in [0.4, 0.5) is 5.69 Å². The van der Waals surface area contributed by atoms with Crippen LogP contribution >= 0.6 is 0 Å². The molecule has 0 saturated carbocycles. The summed E-state index contributed by atoms with van der Waals surface area (Å²) in [6.45, 7) is -0.0845. The first-order valence-electron chi connectivity index (χ1n) is 8.12. The largest absolute Gasteiger partial charge is 0.332 e. The van der Waals surface area contributed by atoms with Crippen LogP contribution in [0.2, 0.25) is 0 Å². The maximum atomic E-state index is 12.4. The molecule has 0 aliphatic heterocycles. The van der Waals surface area contributed by atoms with Crippen molar-refractivity contribution in [3.8, 4) is 6.07 Å². The van der Waals surface area contributed by atoms with E-state index in [-0.39, 0.29) is 18.4 Å². The highest BCUT2D eigenvalue weighted by atomic mass is 16.2. The highest BCUT2D eigenvalue weighted by Gasteiger charge is 2.16. The van der Waals surface area contributed by atoms with Crippen LogP contribution in [0.3, 0.4) is 0 Å². The molecule has 3 aromatic rings. The molecule has 0 aliphatic carbocycles. The topological polar surface area (TPSA) is 73.2 Å². The number of benzene rings is 3. The maximum Gasteiger partial charge on any atom is 0.254 e. The fourth-order valence-corrected chi connectivity index (χ4v) is 2.75. The highest BCUT2D eigenvalue weighted by Crippen LogP contribution is 2.22. The summed E-state index contributed by atoms with van der Waals surface area (Å²) in [5.41, 5.74) is 1.49. The fraction of sp³-hybridized carbons (Fsp3) is 0.0952. The van der Waals surface area contributed by atoms with Gasteiger partial charge in [0.1, 0.15) is 0 Å². The number of carbonyl (C=O) groups is 2. The fourth-order valence-electron chi connectivity index (χ4n) is 2.75. The molecule has 0 aromatic heterocycles. The van der Waals surface area contributed by atoms with Crippen molar-refractivity contribution in [2.75, 3.05) is 18.9 Å². The number of nitrogens with one attached hydrogen (secondary N) is 1. The van der Waals surface area contributed by atoms with Crippen molar-refractivity contribution in [2.45, 2.75) is 0 Å². The summed E-state index contributed by atoms with van der Waals surface area (Å²) in [5.74, 6) is -0.594. The van der Waals surface area contributed by atoms with Gasteiger partial charge in [0, 0.05) is 23.7 Å². The lowest BCUT2D eigenvalue weighted by atomic mass is 10.1. The minimum absolute atomic E-state index is 0.0845. The molecule has 128 valence electrons. The van der Waals surface area contributed by atoms with Crippen LogP contribution in [0.15, 0.2) is 66.7 Å². The molecule has 5 nitrogen and oxygen atoms in total. The lowest BCUT2D eigenvalue weighted by Gasteiger charge is -2.17. The van der Waals surface area contributed by atoms with E-state index in [1.165, 1.54) is 11.0 Å². The predicted molar refractivity (Wildman–Crippen MR) is 101 cm³/mol. The van der Waals surface area contributed by atoms with E-state index in [4.69, 9.17) is 5.26 Å². The molecule has 0 heterocycles. The first-order chi connectivity index (χ1) is 12.6. The minimum Gasteiger partial charge on any atom is -0.332 e. The van der Waals surface area contributed by atoms with Gasteiger partial charge in [0.2, 0.25) is 5.91 Å². The smallest absolute Gasteiger partial charge is 0.254 e. The molecule has 5 heteroatoms. The third-order valence-electron chi connectivity index (χ3n) is 4.03. The Morgan fingerprint density at radius 1 is 1.04 bits per heavy atom. The number of fused-ring (bicyclic) bond motifs is 1. The molecule has 1 N–H and O–H groups in total. The lowest BCUT2D eigenvalue weighted by molar-refractivity contribution is -0.116. The summed E-state index contributed by atoms with van der Waals surface area (Å²) >= 11 is 0. The summed E-state index contributed by atoms with van der Waals surface area (Å²) < 4.78 is 0. The Morgan fingerprint density at radius 2 is 1.77 bits per heavy atom. The predicted octanol–water partition coefficient (Wildman–Crippen LogP) is 3.42. The summed E-state index contributed by atoms with van der Waals surface area (Å²) in [6.07, 6.45) is 0. The van der Waals surface area contributed by atoms with Crippen molar-refractivity contribution in [3.63, 3.8) is 0 Å². The van der Waals surface area contributed by atoms with Crippen LogP contribution in [-0.4, -0.2) is 30.3 Å². The molecular weight excluding hydrogens is 326 g/mol. The Labute approximate surface area is 151 Å². The number of nitriles is 1. The molecule has 0 bridgehead atoms. The van der Waals surface area contributed by atoms with Gasteiger partial charge in [0.25, 0.3) is 5.91 Å². The normalized spacial score (nSPS) is 10.2. The molecule has 0 aliphatic rings. The van der Waals surface area contributed by atoms with Gasteiger partial charge in [-0.1, -0.05) is 42.5 Å². The van der Waals surface area contributed by atoms with Crippen LogP contribution in [0.1, 0.15) is 15.9 Å². The van der Waals surface area contributed by atoms with Gasteiger partial charge in [-0.3, -0.25) is 9.59 Å². The molecule has 0 spiro atoms. The van der Waals surface area contributed by atoms with E-state index in [2.05, 4.69) is 5.32 Å². The van der Waals surface area contributed by atoms with E-state index in [1.54, 1.807) is 25.2 Å². The van der Waals surface area contributed by atoms with Crippen molar-refractivity contribution < 1.29 is 9.59 Å². The summed E-state index contributed by atoms with van der Waals surface area (Å²) in [7, 11) is 1.56. The van der Waals surface area contributed by atoms with Gasteiger partial charge in [0.05, 0.1) is 18.2 Å². The van der Waals surface area contributed by atoms with Gasteiger partial charge >= 0.3 is 0 Å². The Kier molecular flexibility index (Phi) is 4.95. The Hall–Kier alpha value is -3.65. The van der Waals surface area contributed by atoms with Crippen LogP contribution in [0.5, 0.6) is 0 Å². The van der Waals surface area contributed by atoms with Crippen molar-refractivity contribution in [3.05, 3.63) is 77.9 Å². The number of anilines is 1. The molecule has 0 radical (unpaired) electrons. The SMILES string of the molecule is CN(CC(=O)Nc1cccc2ccccc12)C(=O)c1cccc(C#N)c1. The van der Waals surface area contributed by atoms with E-state index in [1.807, 2.05) is 48.5 Å². The second kappa shape index (κ2) is 7.49. The Bertz CT molecular complexity index is 1020. The van der Waals surface area contributed by atoms with Gasteiger partial charge in [-0.25, -0.2) is 0 Å². The van der Waals surface area contributed by atoms with Crippen LogP contribution in [0, 0.1) is 11.3 Å². The quantitative estimate of drug-likeness (QED) is 0.789. The van der Waals surface area contributed by atoms with E-state index in [0.717, 1.165) is 10.8 Å². The lowest BCUT2D eigenvalue weighted by Crippen LogP contribution is -2.35. The van der Waals surface area contributed by atoms with Crippen molar-refractivity contribution in [1.29, 1.82) is 5.26 Å². The van der Waals surface area contributed by atoms with Crippen LogP contribution < -0.4 is 5.32 Å². The van der Waals surface area contributed by atoms with Gasteiger partial charge in [0.15, 0.2) is 0 Å². The first-order valence-corrected chi connectivity index (χ1v) is 8.12. The summed E-state index contributed by atoms with van der Waals surface area (Å²) in [6, 6.07) is 21.9. The van der Waals surface area contributed by atoms with Crippen molar-refractivity contribution in [2.24, 2.45) is 0 Å². The molecule has 0 saturated heterocycles. The number of hydrogen-bond acceptors (Lipinski definition) is 3. The molecule has 3 rings (SSSR count). The van der Waals surface area contributed by atoms with Crippen molar-refractivity contribution >= 4 is 28.3 Å². The van der Waals surface area contributed by atoms with Crippen LogP contribution in [-0.2, 0) is 4.79 Å². The standard InChI is InChI=1S/C21H17N3O2/c1-24(21(26)17-9-4-6-15(12-17)13-22)14-20(25)23-19-11-5-8-16-7-2-3-10-18(16)19/h2-12H,14H2,1H3,(H,23,25). The van der Waals surface area contributed by atoms with E-state index >= 15 is 0 Å². The molecule has 0 atom stereocenters. The number of amides is 2. The zero-order valence-corrected chi connectivity index (χ0v) is 14.3. The Balaban J connectivity index is 1.71. The molecule has 0 fully saturated rings. The zero-order chi connectivity index (χ0) is 18.5. The number of carbonyl (C=O) groups excluding carboxylic acids is 2. The molecular formula is C21H17N3O2. The van der Waals surface area contributed by atoms with E-state index in [0.29, 0.717) is 16.8 Å². The average Bonchev–Trinajstić information content (AvgIpc) is 2.67. The third kappa shape index (κ3) is 3.70. The van der Waals surface area contributed by atoms with Gasteiger partial charge in [-0.2, -0.15) is 5.26 Å². The second-order valence-corrected chi connectivity index (χ2v) is 5.93. The summed E-state index contributed by atoms with van der Waals surface area (Å²) in [5, 5.41) is 13.8. The molecule has 26 heavy (non-hydrogen) atoms. The third-order valence-corrected chi connectivity index (χ3v) is 4.03.